The number of fused-ring (bicyclic) bond motifs is 3. The molecule has 3 aromatic rings. The Bertz CT molecular complexity index is 830. The van der Waals surface area contributed by atoms with Gasteiger partial charge in [0.1, 0.15) is 0 Å². The van der Waals surface area contributed by atoms with Gasteiger partial charge in [0, 0.05) is 0 Å². The first-order chi connectivity index (χ1) is 11.5. The van der Waals surface area contributed by atoms with Crippen LogP contribution in [0.5, 0.6) is 0 Å². The van der Waals surface area contributed by atoms with Gasteiger partial charge in [0.05, 0.1) is 0 Å². The molecule has 0 bridgehead atoms. The van der Waals surface area contributed by atoms with Crippen LogP contribution in [-0.2, 0) is 24.2 Å². The first-order valence-electron chi connectivity index (χ1n) is 8.28. The molecule has 0 heterocycles. The average Bonchev–Trinajstić information content (AvgIpc) is 3.11. The normalized spacial score (nSPS) is 11.8. The van der Waals surface area contributed by atoms with E-state index in [1.165, 1.54) is 35.9 Å². The summed E-state index contributed by atoms with van der Waals surface area (Å²) >= 11 is 1.55. The van der Waals surface area contributed by atoms with Gasteiger partial charge in [-0.1, -0.05) is 43.3 Å². The minimum absolute atomic E-state index is 0. The zero-order valence-electron chi connectivity index (χ0n) is 15.8. The Labute approximate surface area is 184 Å². The summed E-state index contributed by atoms with van der Waals surface area (Å²) in [4.78, 5) is 0. The first kappa shape index (κ1) is 25.1. The van der Waals surface area contributed by atoms with Crippen molar-refractivity contribution in [3.05, 3.63) is 77.9 Å². The third-order valence-corrected chi connectivity index (χ3v) is 3.89. The Morgan fingerprint density at radius 2 is 1.31 bits per heavy atom. The van der Waals surface area contributed by atoms with Gasteiger partial charge in [-0.15, -0.1) is 77.9 Å². The van der Waals surface area contributed by atoms with Crippen molar-refractivity contribution in [3.63, 3.8) is 0 Å². The molecule has 1 aliphatic carbocycles. The van der Waals surface area contributed by atoms with E-state index in [1.54, 1.807) is 24.2 Å². The second-order valence-electron chi connectivity index (χ2n) is 6.21. The maximum Gasteiger partial charge on any atom is -0.0771 e. The fraction of sp³-hybridized carbons (Fsp3) is 0.217. The molecule has 0 radical (unpaired) electrons. The summed E-state index contributed by atoms with van der Waals surface area (Å²) in [6, 6.07) is 19.3. The molecule has 1 aliphatic rings. The molecule has 136 valence electrons. The predicted octanol–water partition coefficient (Wildman–Crippen LogP) is 7.39. The summed E-state index contributed by atoms with van der Waals surface area (Å²) in [5, 5.41) is 5.39. The van der Waals surface area contributed by atoms with Crippen LogP contribution >= 0.6 is 24.8 Å². The van der Waals surface area contributed by atoms with Crippen LogP contribution in [-0.4, -0.2) is 3.21 Å². The van der Waals surface area contributed by atoms with Crippen LogP contribution in [0.15, 0.2) is 71.8 Å². The monoisotopic (exact) mass is 462 g/mol. The van der Waals surface area contributed by atoms with Crippen LogP contribution in [0, 0.1) is 6.08 Å². The topological polar surface area (TPSA) is 0 Å². The van der Waals surface area contributed by atoms with Gasteiger partial charge >= 0.3 is 41.3 Å². The van der Waals surface area contributed by atoms with Gasteiger partial charge in [-0.2, -0.15) is 6.08 Å². The number of hydrogen-bond donors (Lipinski definition) is 0. The van der Waals surface area contributed by atoms with Crippen molar-refractivity contribution < 1.29 is 24.2 Å². The van der Waals surface area contributed by atoms with Gasteiger partial charge in [-0.25, -0.2) is 11.1 Å². The molecule has 4 rings (SSSR count). The van der Waals surface area contributed by atoms with Crippen molar-refractivity contribution >= 4 is 49.6 Å². The van der Waals surface area contributed by atoms with E-state index >= 15 is 0 Å². The second-order valence-corrected chi connectivity index (χ2v) is 8.67. The van der Waals surface area contributed by atoms with Gasteiger partial charge in [0.25, 0.3) is 0 Å². The minimum Gasteiger partial charge on any atom is -0.147 e. The van der Waals surface area contributed by atoms with Crippen molar-refractivity contribution in [2.45, 2.75) is 34.1 Å². The Morgan fingerprint density at radius 3 is 1.62 bits per heavy atom. The fourth-order valence-electron chi connectivity index (χ4n) is 2.55. The second kappa shape index (κ2) is 12.5. The van der Waals surface area contributed by atoms with Gasteiger partial charge < -0.3 is 0 Å². The summed E-state index contributed by atoms with van der Waals surface area (Å²) < 4.78 is 1.51. The maximum atomic E-state index is 3.19. The minimum atomic E-state index is 0. The molecule has 0 spiro atoms. The largest absolute Gasteiger partial charge is 0.147 e. The summed E-state index contributed by atoms with van der Waals surface area (Å²) in [6.45, 7) is 8.46. The number of rotatable bonds is 0. The first-order valence-corrected chi connectivity index (χ1v) is 9.51. The van der Waals surface area contributed by atoms with Crippen LogP contribution in [0.25, 0.3) is 21.5 Å². The Kier molecular flexibility index (Phi) is 12.1. The molecule has 0 aromatic heterocycles. The van der Waals surface area contributed by atoms with Crippen molar-refractivity contribution in [1.82, 2.24) is 0 Å². The van der Waals surface area contributed by atoms with Gasteiger partial charge in [0.15, 0.2) is 0 Å². The zero-order chi connectivity index (χ0) is 17.5. The molecule has 0 saturated heterocycles. The number of hydrogen-bond acceptors (Lipinski definition) is 0. The van der Waals surface area contributed by atoms with Crippen molar-refractivity contribution in [1.29, 1.82) is 0 Å². The van der Waals surface area contributed by atoms with E-state index in [4.69, 9.17) is 0 Å². The number of halogens is 2. The van der Waals surface area contributed by atoms with Gasteiger partial charge in [-0.3, -0.25) is 6.08 Å². The molecule has 3 heteroatoms. The molecule has 0 fully saturated rings. The van der Waals surface area contributed by atoms with Crippen LogP contribution in [0.4, 0.5) is 0 Å². The quantitative estimate of drug-likeness (QED) is 0.304. The third-order valence-electron chi connectivity index (χ3n) is 3.89. The molecular formula is C23H26Cl2Zr. The third kappa shape index (κ3) is 7.39. The maximum absolute atomic E-state index is 3.19. The van der Waals surface area contributed by atoms with E-state index in [9.17, 15) is 0 Å². The van der Waals surface area contributed by atoms with Crippen molar-refractivity contribution in [2.75, 3.05) is 0 Å². The van der Waals surface area contributed by atoms with E-state index in [1.807, 2.05) is 0 Å². The van der Waals surface area contributed by atoms with Crippen LogP contribution in [0.2, 0.25) is 0 Å². The average molecular weight is 465 g/mol. The van der Waals surface area contributed by atoms with Crippen LogP contribution in [0.1, 0.15) is 34.1 Å². The standard InChI is InChI=1S/C13H9.C7H9.C3H6.2ClH.Zr/c1-3-7-12-10(5-1)9-11-6-2-4-8-13(11)12;1-6-4-3-5-7(6)2;1-3-2;;;/h1-9H;4H,3H2,1-2H3;1-2H3;2*1H;/q2*-1;;;;+2. The molecule has 0 nitrogen and oxygen atoms in total. The summed E-state index contributed by atoms with van der Waals surface area (Å²) in [5.74, 6) is 0. The van der Waals surface area contributed by atoms with Crippen molar-refractivity contribution in [2.24, 2.45) is 0 Å². The van der Waals surface area contributed by atoms with Crippen LogP contribution in [0.3, 0.4) is 0 Å². The van der Waals surface area contributed by atoms with Crippen LogP contribution < -0.4 is 0 Å². The predicted molar refractivity (Wildman–Crippen MR) is 119 cm³/mol. The molecule has 0 N–H and O–H groups in total. The molecule has 3 aromatic carbocycles. The Balaban J connectivity index is 0.000000415. The fourth-order valence-corrected chi connectivity index (χ4v) is 2.55. The van der Waals surface area contributed by atoms with Gasteiger partial charge in [0.2, 0.25) is 0 Å². The molecule has 0 saturated carbocycles. The smallest absolute Gasteiger partial charge is 0.0771 e. The molecule has 0 aliphatic heterocycles. The SMILES string of the molecule is CC1=[C-]CC=C1C.C[C](C)=[Zr+2].Cl.Cl.c1ccc2c(c1)[cH-]c1ccccc12. The molecule has 26 heavy (non-hydrogen) atoms. The Morgan fingerprint density at radius 1 is 0.885 bits per heavy atom. The van der Waals surface area contributed by atoms with E-state index < -0.39 is 0 Å². The summed E-state index contributed by atoms with van der Waals surface area (Å²) in [7, 11) is 0. The Hall–Kier alpha value is -0.877. The van der Waals surface area contributed by atoms with E-state index in [0.29, 0.717) is 0 Å². The summed E-state index contributed by atoms with van der Waals surface area (Å²) in [6.07, 6.45) is 6.41. The molecule has 0 amide bonds. The number of allylic oxidation sites excluding steroid dienone is 4. The zero-order valence-corrected chi connectivity index (χ0v) is 19.9. The molecular weight excluding hydrogens is 438 g/mol. The molecule has 0 atom stereocenters. The van der Waals surface area contributed by atoms with E-state index in [2.05, 4.69) is 94.4 Å². The van der Waals surface area contributed by atoms with Gasteiger partial charge in [-0.05, 0) is 0 Å². The van der Waals surface area contributed by atoms with E-state index in [0.717, 1.165) is 6.42 Å². The molecule has 0 unspecified atom stereocenters. The number of benzene rings is 2. The summed E-state index contributed by atoms with van der Waals surface area (Å²) in [5.41, 5.74) is 2.71. The van der Waals surface area contributed by atoms with Crippen molar-refractivity contribution in [3.8, 4) is 0 Å². The van der Waals surface area contributed by atoms with E-state index in [-0.39, 0.29) is 24.8 Å².